The maximum Gasteiger partial charge on any atom is 0.337 e. The summed E-state index contributed by atoms with van der Waals surface area (Å²) in [7, 11) is 1.15. The van der Waals surface area contributed by atoms with Gasteiger partial charge in [0.25, 0.3) is 0 Å². The number of hydrogen-bond acceptors (Lipinski definition) is 16. The van der Waals surface area contributed by atoms with Crippen LogP contribution in [0.3, 0.4) is 0 Å². The van der Waals surface area contributed by atoms with Crippen molar-refractivity contribution in [2.45, 2.75) is 174 Å². The largest absolute Gasteiger partial charge is 0.508 e. The molecule has 16 heteroatoms. The third kappa shape index (κ3) is 8.17. The second-order valence-electron chi connectivity index (χ2n) is 22.9. The molecule has 372 valence electrons. The zero-order chi connectivity index (χ0) is 48.8. The van der Waals surface area contributed by atoms with Gasteiger partial charge in [0.1, 0.15) is 41.7 Å². The molecule has 0 amide bonds. The number of fused-ring (bicyclic) bond motifs is 7. The molecule has 16 nitrogen and oxygen atoms in total. The molecule has 1 aromatic rings. The van der Waals surface area contributed by atoms with Crippen LogP contribution in [-0.2, 0) is 42.8 Å². The van der Waals surface area contributed by atoms with Crippen LogP contribution < -0.4 is 0 Å². The third-order valence-electron chi connectivity index (χ3n) is 18.5. The number of carbonyl (C=O) groups excluding carboxylic acids is 3. The molecule has 0 aromatic heterocycles. The Morgan fingerprint density at radius 2 is 1.48 bits per heavy atom. The Labute approximate surface area is 392 Å². The van der Waals surface area contributed by atoms with Gasteiger partial charge in [-0.15, -0.1) is 0 Å². The van der Waals surface area contributed by atoms with Gasteiger partial charge in [-0.1, -0.05) is 72.2 Å². The van der Waals surface area contributed by atoms with E-state index in [4.69, 9.17) is 28.4 Å². The second-order valence-corrected chi connectivity index (χ2v) is 22.9. The lowest BCUT2D eigenvalue weighted by atomic mass is 9.33. The summed E-state index contributed by atoms with van der Waals surface area (Å²) in [5, 5.41) is 76.2. The first-order valence-electron chi connectivity index (χ1n) is 24.0. The minimum absolute atomic E-state index is 0.0571. The molecule has 0 bridgehead atoms. The highest BCUT2D eigenvalue weighted by Crippen LogP contribution is 2.76. The van der Waals surface area contributed by atoms with Crippen molar-refractivity contribution in [1.29, 1.82) is 0 Å². The van der Waals surface area contributed by atoms with Crippen LogP contribution in [0.2, 0.25) is 0 Å². The van der Waals surface area contributed by atoms with E-state index in [9.17, 15) is 45.3 Å². The van der Waals surface area contributed by atoms with Crippen molar-refractivity contribution in [2.75, 3.05) is 13.7 Å². The third-order valence-corrected chi connectivity index (χ3v) is 18.5. The Morgan fingerprint density at radius 3 is 2.16 bits per heavy atom. The summed E-state index contributed by atoms with van der Waals surface area (Å²) in [4.78, 5) is 40.6. The van der Waals surface area contributed by atoms with E-state index in [0.29, 0.717) is 37.7 Å². The van der Waals surface area contributed by atoms with E-state index in [0.717, 1.165) is 44.4 Å². The molecule has 5 aliphatic carbocycles. The predicted molar refractivity (Wildman–Crippen MR) is 239 cm³/mol. The summed E-state index contributed by atoms with van der Waals surface area (Å²) in [6.07, 6.45) is -5.04. The molecule has 18 atom stereocenters. The lowest BCUT2D eigenvalue weighted by Crippen LogP contribution is -2.68. The summed E-state index contributed by atoms with van der Waals surface area (Å²) < 4.78 is 34.6. The van der Waals surface area contributed by atoms with Gasteiger partial charge in [0.15, 0.2) is 18.5 Å². The van der Waals surface area contributed by atoms with Crippen molar-refractivity contribution in [1.82, 2.24) is 0 Å². The van der Waals surface area contributed by atoms with Crippen LogP contribution in [0.25, 0.3) is 6.08 Å². The van der Waals surface area contributed by atoms with Gasteiger partial charge in [-0.25, -0.2) is 9.59 Å². The fraction of sp³-hybridized carbons (Fsp3) is 0.745. The van der Waals surface area contributed by atoms with E-state index in [2.05, 4.69) is 54.5 Å². The molecule has 7 N–H and O–H groups in total. The molecule has 67 heavy (non-hydrogen) atoms. The highest BCUT2D eigenvalue weighted by atomic mass is 16.7. The smallest absolute Gasteiger partial charge is 0.337 e. The molecule has 2 aliphatic heterocycles. The van der Waals surface area contributed by atoms with Crippen LogP contribution in [0.1, 0.15) is 112 Å². The number of methoxy groups -OCH3 is 1. The number of benzene rings is 1. The highest BCUT2D eigenvalue weighted by molar-refractivity contribution is 5.87. The molecule has 1 unspecified atom stereocenters. The first-order chi connectivity index (χ1) is 31.3. The van der Waals surface area contributed by atoms with Crippen molar-refractivity contribution < 1.29 is 78.6 Å². The van der Waals surface area contributed by atoms with Crippen molar-refractivity contribution in [3.63, 3.8) is 0 Å². The van der Waals surface area contributed by atoms with Gasteiger partial charge < -0.3 is 64.2 Å². The van der Waals surface area contributed by atoms with Crippen molar-refractivity contribution in [3.8, 4) is 5.75 Å². The van der Waals surface area contributed by atoms with Crippen LogP contribution in [0.15, 0.2) is 42.0 Å². The lowest BCUT2D eigenvalue weighted by Gasteiger charge is -2.71. The monoisotopic (exact) mass is 940 g/mol. The molecule has 0 radical (unpaired) electrons. The zero-order valence-corrected chi connectivity index (χ0v) is 40.0. The zero-order valence-electron chi connectivity index (χ0n) is 40.0. The first-order valence-corrected chi connectivity index (χ1v) is 24.0. The molecular weight excluding hydrogens is 869 g/mol. The van der Waals surface area contributed by atoms with Gasteiger partial charge in [-0.3, -0.25) is 4.79 Å². The molecule has 2 saturated heterocycles. The summed E-state index contributed by atoms with van der Waals surface area (Å²) in [6.45, 7) is 15.3. The predicted octanol–water partition coefficient (Wildman–Crippen LogP) is 4.08. The van der Waals surface area contributed by atoms with E-state index in [1.54, 1.807) is 12.1 Å². The average molecular weight is 941 g/mol. The SMILES string of the molecule is COC(=O)[C@H]1O[C@@H](O[C@H]2CC[C@]3(C)[C@H]4CC=C5C6CC(C)(C)CC[C@]6(C(=O)O[C@@H]6OC[C@@H](O)[C@H](O)[C@H]6OC(=O)C=Cc6ccc(O)cc6)[C@H](O)C[C@@]5(C)[C@]4(C)CC[C@H]3C2(C)C)[C@H](O)[C@@H](O)[C@@H]1O. The minimum atomic E-state index is -1.69. The molecule has 0 spiro atoms. The Hall–Kier alpha value is -3.45. The van der Waals surface area contributed by atoms with Gasteiger partial charge in [-0.05, 0) is 126 Å². The van der Waals surface area contributed by atoms with E-state index in [1.165, 1.54) is 18.2 Å². The Morgan fingerprint density at radius 1 is 0.776 bits per heavy atom. The maximum atomic E-state index is 15.1. The van der Waals surface area contributed by atoms with Crippen molar-refractivity contribution >= 4 is 24.0 Å². The van der Waals surface area contributed by atoms with Gasteiger partial charge in [-0.2, -0.15) is 0 Å². The molecule has 6 fully saturated rings. The summed E-state index contributed by atoms with van der Waals surface area (Å²) in [5.41, 5.74) is -1.29. The quantitative estimate of drug-likeness (QED) is 0.0638. The number of phenolic OH excluding ortho intramolecular Hbond substituents is 1. The number of aromatic hydroxyl groups is 1. The summed E-state index contributed by atoms with van der Waals surface area (Å²) in [5.74, 6) is -2.49. The molecule has 2 heterocycles. The van der Waals surface area contributed by atoms with Crippen LogP contribution in [0, 0.1) is 50.2 Å². The minimum Gasteiger partial charge on any atom is -0.508 e. The summed E-state index contributed by atoms with van der Waals surface area (Å²) in [6, 6.07) is 6.11. The number of rotatable bonds is 8. The van der Waals surface area contributed by atoms with Crippen molar-refractivity contribution in [2.24, 2.45) is 50.2 Å². The van der Waals surface area contributed by atoms with E-state index < -0.39 is 108 Å². The Bertz CT molecular complexity index is 2100. The number of phenols is 1. The molecule has 7 aliphatic rings. The van der Waals surface area contributed by atoms with Gasteiger partial charge in [0, 0.05) is 6.08 Å². The van der Waals surface area contributed by atoms with Crippen LogP contribution in [0.5, 0.6) is 5.75 Å². The lowest BCUT2D eigenvalue weighted by molar-refractivity contribution is -0.324. The average Bonchev–Trinajstić information content (AvgIpc) is 3.26. The first kappa shape index (κ1) is 50.0. The van der Waals surface area contributed by atoms with Crippen molar-refractivity contribution in [3.05, 3.63) is 47.6 Å². The molecule has 1 aromatic carbocycles. The number of hydrogen-bond donors (Lipinski definition) is 7. The highest BCUT2D eigenvalue weighted by Gasteiger charge is 2.72. The number of aliphatic hydroxyl groups excluding tert-OH is 6. The number of esters is 3. The molecule has 4 saturated carbocycles. The Balaban J connectivity index is 1.05. The van der Waals surface area contributed by atoms with Crippen LogP contribution >= 0.6 is 0 Å². The molecule has 8 rings (SSSR count). The normalized spacial score (nSPS) is 45.6. The number of allylic oxidation sites excluding steroid dienone is 2. The topological polar surface area (TPSA) is 248 Å². The van der Waals surface area contributed by atoms with E-state index in [1.807, 2.05) is 0 Å². The van der Waals surface area contributed by atoms with Gasteiger partial charge >= 0.3 is 17.9 Å². The fourth-order valence-corrected chi connectivity index (χ4v) is 14.5. The van der Waals surface area contributed by atoms with Gasteiger partial charge in [0.2, 0.25) is 6.29 Å². The van der Waals surface area contributed by atoms with Crippen LogP contribution in [-0.4, -0.2) is 135 Å². The maximum absolute atomic E-state index is 15.1. The van der Waals surface area contributed by atoms with E-state index >= 15 is 4.79 Å². The number of carbonyl (C=O) groups is 3. The van der Waals surface area contributed by atoms with Crippen LogP contribution in [0.4, 0.5) is 0 Å². The van der Waals surface area contributed by atoms with E-state index in [-0.39, 0.29) is 40.4 Å². The number of aliphatic hydroxyl groups is 6. The van der Waals surface area contributed by atoms with Gasteiger partial charge in [0.05, 0.1) is 25.9 Å². The standard InChI is InChI=1S/C51H72O16/c1-46(2)21-22-51(45(61)67-44-41(36(56)30(53)25-63-44)65-35(55)16-11-26-9-12-27(52)13-10-26)29(23-46)28-14-15-32-48(5)19-18-34(64-43-39(59)37(57)38(58)40(66-43)42(60)62-8)47(3,4)31(48)17-20-49(32,6)50(28,7)24-33(51)54/h9-14,16,29-34,36-41,43-44,52-54,56-59H,15,17-25H2,1-8H3/t29?,30-,31+,32-,33-,34+,36+,37+,38+,39-,40+,41-,43-,44+,48+,49-,50-,51-/m1/s1. The summed E-state index contributed by atoms with van der Waals surface area (Å²) >= 11 is 0. The molecular formula is C51H72O16. The fourth-order valence-electron chi connectivity index (χ4n) is 14.5. The second kappa shape index (κ2) is 17.7. The Kier molecular flexibility index (Phi) is 13.2. The number of ether oxygens (including phenoxy) is 6.